The van der Waals surface area contributed by atoms with E-state index in [0.29, 0.717) is 10.7 Å². The Morgan fingerprint density at radius 1 is 1.20 bits per heavy atom. The minimum absolute atomic E-state index is 0.257. The van der Waals surface area contributed by atoms with Crippen LogP contribution in [0.15, 0.2) is 30.6 Å². The molecular weight excluding hydrogens is 212 g/mol. The van der Waals surface area contributed by atoms with Gasteiger partial charge in [-0.3, -0.25) is 0 Å². The predicted octanol–water partition coefficient (Wildman–Crippen LogP) is 2.06. The zero-order chi connectivity index (χ0) is 10.7. The van der Waals surface area contributed by atoms with Gasteiger partial charge in [0.05, 0.1) is 0 Å². The molecule has 0 spiro atoms. The first-order valence-electron chi connectivity index (χ1n) is 4.15. The molecule has 0 saturated heterocycles. The third-order valence-corrected chi connectivity index (χ3v) is 2.10. The Balaban J connectivity index is 2.55. The van der Waals surface area contributed by atoms with Gasteiger partial charge >= 0.3 is 0 Å². The smallest absolute Gasteiger partial charge is 0.170 e. The summed E-state index contributed by atoms with van der Waals surface area (Å²) in [5.41, 5.74) is 1.50. The second-order valence-electron chi connectivity index (χ2n) is 2.78. The average Bonchev–Trinajstić information content (AvgIpc) is 2.30. The minimum Gasteiger partial charge on any atom is -0.221 e. The summed E-state index contributed by atoms with van der Waals surface area (Å²) in [6, 6.07) is 8.97. The van der Waals surface area contributed by atoms with Crippen LogP contribution in [0, 0.1) is 11.3 Å². The Kier molecular flexibility index (Phi) is 2.57. The molecule has 1 aromatic carbocycles. The molecule has 0 aliphatic rings. The van der Waals surface area contributed by atoms with Crippen molar-refractivity contribution in [2.75, 3.05) is 0 Å². The Morgan fingerprint density at radius 2 is 1.93 bits per heavy atom. The van der Waals surface area contributed by atoms with E-state index < -0.39 is 0 Å². The Bertz CT molecular complexity index is 516. The van der Waals surface area contributed by atoms with Crippen LogP contribution in [0.4, 0.5) is 0 Å². The molecule has 0 aliphatic heterocycles. The van der Waals surface area contributed by atoms with Crippen LogP contribution in [-0.4, -0.2) is 15.2 Å². The fourth-order valence-corrected chi connectivity index (χ4v) is 1.29. The summed E-state index contributed by atoms with van der Waals surface area (Å²) in [6.45, 7) is 0. The second-order valence-corrected chi connectivity index (χ2v) is 3.21. The first-order chi connectivity index (χ1) is 7.31. The highest BCUT2D eigenvalue weighted by Gasteiger charge is 2.07. The van der Waals surface area contributed by atoms with Crippen LogP contribution in [0.5, 0.6) is 0 Å². The molecule has 0 unspecified atom stereocenters. The molecule has 5 heteroatoms. The number of hydrogen-bond acceptors (Lipinski definition) is 4. The maximum atomic E-state index is 8.83. The molecule has 0 saturated carbocycles. The minimum atomic E-state index is 0.257. The van der Waals surface area contributed by atoms with Gasteiger partial charge in [-0.2, -0.15) is 5.26 Å². The molecule has 0 radical (unpaired) electrons. The van der Waals surface area contributed by atoms with Gasteiger partial charge in [0.15, 0.2) is 5.69 Å². The molecule has 1 aromatic heterocycles. The second kappa shape index (κ2) is 4.03. The number of rotatable bonds is 1. The summed E-state index contributed by atoms with van der Waals surface area (Å²) in [6.07, 6.45) is 1.25. The van der Waals surface area contributed by atoms with Crippen molar-refractivity contribution in [2.45, 2.75) is 0 Å². The van der Waals surface area contributed by atoms with Gasteiger partial charge in [-0.1, -0.05) is 23.7 Å². The third kappa shape index (κ3) is 1.92. The van der Waals surface area contributed by atoms with Crippen molar-refractivity contribution in [3.63, 3.8) is 0 Å². The van der Waals surface area contributed by atoms with Gasteiger partial charge in [-0.25, -0.2) is 4.98 Å². The maximum Gasteiger partial charge on any atom is 0.170 e. The Morgan fingerprint density at radius 3 is 2.60 bits per heavy atom. The summed E-state index contributed by atoms with van der Waals surface area (Å²) >= 11 is 5.76. The molecule has 0 N–H and O–H groups in total. The molecule has 0 aliphatic carbocycles. The number of nitrogens with zero attached hydrogens (tertiary/aromatic N) is 4. The molecule has 2 aromatic rings. The lowest BCUT2D eigenvalue weighted by molar-refractivity contribution is 0.964. The first-order valence-corrected chi connectivity index (χ1v) is 4.53. The third-order valence-electron chi connectivity index (χ3n) is 1.84. The summed E-state index contributed by atoms with van der Waals surface area (Å²) in [7, 11) is 0. The number of nitriles is 1. The number of halogens is 1. The summed E-state index contributed by atoms with van der Waals surface area (Å²) in [4.78, 5) is 3.83. The standard InChI is InChI=1S/C10H5ClN4/c11-8-3-1-7(2-4-8)10-9(5-12)13-6-14-15-10/h1-4,6H. The Hall–Kier alpha value is -1.99. The van der Waals surface area contributed by atoms with Crippen LogP contribution in [0.25, 0.3) is 11.3 Å². The van der Waals surface area contributed by atoms with Gasteiger partial charge in [-0.15, -0.1) is 10.2 Å². The molecule has 0 bridgehead atoms. The van der Waals surface area contributed by atoms with Crippen molar-refractivity contribution in [3.8, 4) is 17.3 Å². The van der Waals surface area contributed by atoms with E-state index >= 15 is 0 Å². The predicted molar refractivity (Wildman–Crippen MR) is 55.0 cm³/mol. The summed E-state index contributed by atoms with van der Waals surface area (Å²) in [5, 5.41) is 17.0. The summed E-state index contributed by atoms with van der Waals surface area (Å²) < 4.78 is 0. The van der Waals surface area contributed by atoms with Gasteiger partial charge in [0, 0.05) is 10.6 Å². The fraction of sp³-hybridized carbons (Fsp3) is 0. The summed E-state index contributed by atoms with van der Waals surface area (Å²) in [5.74, 6) is 0. The molecule has 72 valence electrons. The van der Waals surface area contributed by atoms with Gasteiger partial charge < -0.3 is 0 Å². The zero-order valence-corrected chi connectivity index (χ0v) is 8.31. The molecule has 15 heavy (non-hydrogen) atoms. The van der Waals surface area contributed by atoms with E-state index in [2.05, 4.69) is 15.2 Å². The Labute approximate surface area is 91.2 Å². The van der Waals surface area contributed by atoms with Gasteiger partial charge in [-0.05, 0) is 12.1 Å². The van der Waals surface area contributed by atoms with Gasteiger partial charge in [0.25, 0.3) is 0 Å². The van der Waals surface area contributed by atoms with Crippen molar-refractivity contribution in [1.29, 1.82) is 5.26 Å². The maximum absolute atomic E-state index is 8.83. The van der Waals surface area contributed by atoms with Crippen LogP contribution in [-0.2, 0) is 0 Å². The van der Waals surface area contributed by atoms with E-state index in [0.717, 1.165) is 5.56 Å². The van der Waals surface area contributed by atoms with E-state index in [-0.39, 0.29) is 5.69 Å². The fourth-order valence-electron chi connectivity index (χ4n) is 1.16. The van der Waals surface area contributed by atoms with Crippen LogP contribution in [0.1, 0.15) is 5.69 Å². The molecule has 0 fully saturated rings. The molecule has 0 amide bonds. The molecular formula is C10H5ClN4. The van der Waals surface area contributed by atoms with E-state index in [1.165, 1.54) is 6.33 Å². The molecule has 2 rings (SSSR count). The van der Waals surface area contributed by atoms with Gasteiger partial charge in [0.1, 0.15) is 18.1 Å². The topological polar surface area (TPSA) is 62.5 Å². The van der Waals surface area contributed by atoms with Crippen LogP contribution in [0.2, 0.25) is 5.02 Å². The van der Waals surface area contributed by atoms with Crippen molar-refractivity contribution >= 4 is 11.6 Å². The van der Waals surface area contributed by atoms with Crippen LogP contribution >= 0.6 is 11.6 Å². The van der Waals surface area contributed by atoms with Crippen molar-refractivity contribution in [1.82, 2.24) is 15.2 Å². The lowest BCUT2D eigenvalue weighted by atomic mass is 10.1. The largest absolute Gasteiger partial charge is 0.221 e. The van der Waals surface area contributed by atoms with E-state index in [4.69, 9.17) is 16.9 Å². The molecule has 4 nitrogen and oxygen atoms in total. The lowest BCUT2D eigenvalue weighted by Gasteiger charge is -2.00. The quantitative estimate of drug-likeness (QED) is 0.732. The number of hydrogen-bond donors (Lipinski definition) is 0. The normalized spacial score (nSPS) is 9.60. The molecule has 0 atom stereocenters. The van der Waals surface area contributed by atoms with E-state index in [1.54, 1.807) is 24.3 Å². The van der Waals surface area contributed by atoms with E-state index in [9.17, 15) is 0 Å². The van der Waals surface area contributed by atoms with Crippen molar-refractivity contribution in [2.24, 2.45) is 0 Å². The number of benzene rings is 1. The van der Waals surface area contributed by atoms with Crippen LogP contribution in [0.3, 0.4) is 0 Å². The zero-order valence-electron chi connectivity index (χ0n) is 7.55. The van der Waals surface area contributed by atoms with E-state index in [1.807, 2.05) is 6.07 Å². The van der Waals surface area contributed by atoms with Crippen LogP contribution < -0.4 is 0 Å². The first kappa shape index (κ1) is 9.56. The average molecular weight is 217 g/mol. The van der Waals surface area contributed by atoms with Crippen molar-refractivity contribution in [3.05, 3.63) is 41.3 Å². The highest BCUT2D eigenvalue weighted by Crippen LogP contribution is 2.20. The SMILES string of the molecule is N#Cc1ncnnc1-c1ccc(Cl)cc1. The number of aromatic nitrogens is 3. The highest BCUT2D eigenvalue weighted by atomic mass is 35.5. The molecule has 1 heterocycles. The lowest BCUT2D eigenvalue weighted by Crippen LogP contribution is -1.94. The monoisotopic (exact) mass is 216 g/mol. The highest BCUT2D eigenvalue weighted by molar-refractivity contribution is 6.30. The van der Waals surface area contributed by atoms with Crippen molar-refractivity contribution < 1.29 is 0 Å². The van der Waals surface area contributed by atoms with Gasteiger partial charge in [0.2, 0.25) is 0 Å².